The maximum atomic E-state index is 12.7. The number of anilines is 1. The first-order chi connectivity index (χ1) is 11.6. The van der Waals surface area contributed by atoms with Gasteiger partial charge in [-0.2, -0.15) is 0 Å². The molecule has 0 fully saturated rings. The van der Waals surface area contributed by atoms with Crippen LogP contribution in [0.5, 0.6) is 5.75 Å². The first kappa shape index (κ1) is 15.2. The lowest BCUT2D eigenvalue weighted by atomic mass is 9.94. The fraction of sp³-hybridized carbons (Fsp3) is 0.333. The molecule has 6 heteroatoms. The van der Waals surface area contributed by atoms with E-state index in [9.17, 15) is 9.59 Å². The van der Waals surface area contributed by atoms with Crippen LogP contribution in [0.2, 0.25) is 0 Å². The van der Waals surface area contributed by atoms with E-state index in [0.717, 1.165) is 35.4 Å². The van der Waals surface area contributed by atoms with E-state index in [1.165, 1.54) is 23.8 Å². The van der Waals surface area contributed by atoms with E-state index in [-0.39, 0.29) is 11.9 Å². The molecule has 0 saturated carbocycles. The van der Waals surface area contributed by atoms with Crippen LogP contribution in [0.1, 0.15) is 52.3 Å². The molecule has 2 aromatic rings. The highest BCUT2D eigenvalue weighted by Gasteiger charge is 2.33. The van der Waals surface area contributed by atoms with Crippen LogP contribution in [-0.2, 0) is 17.6 Å². The molecule has 5 nitrogen and oxygen atoms in total. The summed E-state index contributed by atoms with van der Waals surface area (Å²) < 4.78 is 5.28. The Morgan fingerprint density at radius 2 is 2.00 bits per heavy atom. The third kappa shape index (κ3) is 2.57. The molecule has 24 heavy (non-hydrogen) atoms. The van der Waals surface area contributed by atoms with Crippen molar-refractivity contribution in [1.82, 2.24) is 5.32 Å². The summed E-state index contributed by atoms with van der Waals surface area (Å²) >= 11 is 1.68. The fourth-order valence-corrected chi connectivity index (χ4v) is 4.72. The van der Waals surface area contributed by atoms with E-state index >= 15 is 0 Å². The SMILES string of the molecule is CC(=O)Oc1ccccc1[C@@H]1NC(=O)c2c(sc3c2CCCC3)N1. The minimum absolute atomic E-state index is 0.0502. The van der Waals surface area contributed by atoms with Crippen molar-refractivity contribution in [2.45, 2.75) is 38.8 Å². The molecule has 1 aromatic heterocycles. The molecule has 1 aliphatic carbocycles. The standard InChI is InChI=1S/C18H18N2O3S/c1-10(21)23-13-8-4-2-6-11(13)16-19-17(22)15-12-7-3-5-9-14(12)24-18(15)20-16/h2,4,6,8,16,20H,3,5,7,9H2,1H3,(H,19,22)/t16-/m1/s1. The van der Waals surface area contributed by atoms with Crippen molar-refractivity contribution in [2.24, 2.45) is 0 Å². The quantitative estimate of drug-likeness (QED) is 0.648. The molecular formula is C18H18N2O3S. The van der Waals surface area contributed by atoms with Crippen LogP contribution in [-0.4, -0.2) is 11.9 Å². The lowest BCUT2D eigenvalue weighted by molar-refractivity contribution is -0.131. The van der Waals surface area contributed by atoms with Crippen molar-refractivity contribution in [2.75, 3.05) is 5.32 Å². The lowest BCUT2D eigenvalue weighted by Gasteiger charge is -2.27. The van der Waals surface area contributed by atoms with Crippen molar-refractivity contribution in [3.05, 3.63) is 45.8 Å². The van der Waals surface area contributed by atoms with Gasteiger partial charge in [0.2, 0.25) is 0 Å². The number of hydrogen-bond acceptors (Lipinski definition) is 5. The normalized spacial score (nSPS) is 18.9. The number of carbonyl (C=O) groups is 2. The largest absolute Gasteiger partial charge is 0.426 e. The number of carbonyl (C=O) groups excluding carboxylic acids is 2. The molecule has 1 atom stereocenters. The molecule has 0 bridgehead atoms. The highest BCUT2D eigenvalue weighted by molar-refractivity contribution is 7.16. The predicted molar refractivity (Wildman–Crippen MR) is 92.5 cm³/mol. The van der Waals surface area contributed by atoms with Gasteiger partial charge in [-0.1, -0.05) is 18.2 Å². The lowest BCUT2D eigenvalue weighted by Crippen LogP contribution is -2.38. The number of para-hydroxylation sites is 1. The first-order valence-corrected chi connectivity index (χ1v) is 8.94. The molecule has 1 amide bonds. The van der Waals surface area contributed by atoms with Gasteiger partial charge in [-0.15, -0.1) is 11.3 Å². The Morgan fingerprint density at radius 1 is 1.21 bits per heavy atom. The Morgan fingerprint density at radius 3 is 2.83 bits per heavy atom. The number of ether oxygens (including phenoxy) is 1. The first-order valence-electron chi connectivity index (χ1n) is 8.13. The molecule has 2 N–H and O–H groups in total. The number of nitrogens with one attached hydrogen (secondary N) is 2. The minimum atomic E-state index is -0.402. The molecule has 1 aliphatic heterocycles. The van der Waals surface area contributed by atoms with E-state index in [1.807, 2.05) is 18.2 Å². The third-order valence-electron chi connectivity index (χ3n) is 4.43. The van der Waals surface area contributed by atoms with Gasteiger partial charge in [-0.25, -0.2) is 0 Å². The number of fused-ring (bicyclic) bond motifs is 3. The van der Waals surface area contributed by atoms with Gasteiger partial charge in [0.1, 0.15) is 16.9 Å². The summed E-state index contributed by atoms with van der Waals surface area (Å²) in [6, 6.07) is 7.26. The van der Waals surface area contributed by atoms with Gasteiger partial charge in [0.25, 0.3) is 5.91 Å². The topological polar surface area (TPSA) is 67.4 Å². The van der Waals surface area contributed by atoms with E-state index in [2.05, 4.69) is 10.6 Å². The molecule has 0 radical (unpaired) electrons. The van der Waals surface area contributed by atoms with Gasteiger partial charge in [0.05, 0.1) is 5.56 Å². The molecule has 124 valence electrons. The van der Waals surface area contributed by atoms with Gasteiger partial charge in [-0.05, 0) is 37.3 Å². The van der Waals surface area contributed by atoms with Gasteiger partial charge in [0.15, 0.2) is 0 Å². The Hall–Kier alpha value is -2.34. The van der Waals surface area contributed by atoms with Crippen LogP contribution in [0.3, 0.4) is 0 Å². The molecular weight excluding hydrogens is 324 g/mol. The summed E-state index contributed by atoms with van der Waals surface area (Å²) in [6.45, 7) is 1.37. The van der Waals surface area contributed by atoms with Crippen molar-refractivity contribution in [3.63, 3.8) is 0 Å². The number of esters is 1. The highest BCUT2D eigenvalue weighted by atomic mass is 32.1. The Balaban J connectivity index is 1.70. The average Bonchev–Trinajstić information content (AvgIpc) is 2.93. The summed E-state index contributed by atoms with van der Waals surface area (Å²) in [4.78, 5) is 25.3. The molecule has 0 saturated heterocycles. The van der Waals surface area contributed by atoms with E-state index in [1.54, 1.807) is 17.4 Å². The molecule has 0 unspecified atom stereocenters. The van der Waals surface area contributed by atoms with Crippen molar-refractivity contribution < 1.29 is 14.3 Å². The number of aryl methyl sites for hydroxylation is 1. The van der Waals surface area contributed by atoms with Gasteiger partial charge >= 0.3 is 5.97 Å². The van der Waals surface area contributed by atoms with E-state index in [4.69, 9.17) is 4.74 Å². The summed E-state index contributed by atoms with van der Waals surface area (Å²) in [5.41, 5.74) is 2.76. The molecule has 1 aromatic carbocycles. The van der Waals surface area contributed by atoms with Crippen LogP contribution in [0.4, 0.5) is 5.00 Å². The average molecular weight is 342 g/mol. The maximum absolute atomic E-state index is 12.7. The van der Waals surface area contributed by atoms with Gasteiger partial charge < -0.3 is 15.4 Å². The maximum Gasteiger partial charge on any atom is 0.308 e. The predicted octanol–water partition coefficient (Wildman–Crippen LogP) is 3.41. The summed E-state index contributed by atoms with van der Waals surface area (Å²) in [5, 5.41) is 7.34. The van der Waals surface area contributed by atoms with Crippen molar-refractivity contribution in [1.29, 1.82) is 0 Å². The van der Waals surface area contributed by atoms with Crippen LogP contribution in [0.25, 0.3) is 0 Å². The zero-order chi connectivity index (χ0) is 16.7. The number of benzene rings is 1. The zero-order valence-electron chi connectivity index (χ0n) is 13.3. The number of rotatable bonds is 2. The highest BCUT2D eigenvalue weighted by Crippen LogP contribution is 2.42. The zero-order valence-corrected chi connectivity index (χ0v) is 14.2. The van der Waals surface area contributed by atoms with E-state index < -0.39 is 6.17 Å². The van der Waals surface area contributed by atoms with Crippen LogP contribution >= 0.6 is 11.3 Å². The Labute approximate surface area is 144 Å². The summed E-state index contributed by atoms with van der Waals surface area (Å²) in [7, 11) is 0. The van der Waals surface area contributed by atoms with Crippen molar-refractivity contribution in [3.8, 4) is 5.75 Å². The number of amides is 1. The van der Waals surface area contributed by atoms with Gasteiger partial charge in [0, 0.05) is 17.4 Å². The monoisotopic (exact) mass is 342 g/mol. The fourth-order valence-electron chi connectivity index (χ4n) is 3.40. The summed E-state index contributed by atoms with van der Waals surface area (Å²) in [5.74, 6) is 0.0372. The van der Waals surface area contributed by atoms with Crippen LogP contribution in [0.15, 0.2) is 24.3 Å². The second kappa shape index (κ2) is 5.94. The molecule has 2 heterocycles. The van der Waals surface area contributed by atoms with E-state index in [0.29, 0.717) is 5.75 Å². The molecule has 4 rings (SSSR count). The Bertz CT molecular complexity index is 828. The number of hydrogen-bond donors (Lipinski definition) is 2. The Kier molecular flexibility index (Phi) is 3.76. The van der Waals surface area contributed by atoms with Crippen LogP contribution < -0.4 is 15.4 Å². The smallest absolute Gasteiger partial charge is 0.308 e. The minimum Gasteiger partial charge on any atom is -0.426 e. The number of thiophene rings is 1. The second-order valence-electron chi connectivity index (χ2n) is 6.10. The molecule has 0 spiro atoms. The summed E-state index contributed by atoms with van der Waals surface area (Å²) in [6.07, 6.45) is 3.96. The van der Waals surface area contributed by atoms with Gasteiger partial charge in [-0.3, -0.25) is 9.59 Å². The van der Waals surface area contributed by atoms with Crippen molar-refractivity contribution >= 4 is 28.2 Å². The second-order valence-corrected chi connectivity index (χ2v) is 7.20. The molecule has 2 aliphatic rings. The van der Waals surface area contributed by atoms with Crippen LogP contribution in [0, 0.1) is 0 Å². The third-order valence-corrected chi connectivity index (χ3v) is 5.66.